The molecule has 0 saturated heterocycles. The van der Waals surface area contributed by atoms with E-state index in [-0.39, 0.29) is 13.1 Å². The van der Waals surface area contributed by atoms with E-state index in [4.69, 9.17) is 4.74 Å². The molecule has 0 radical (unpaired) electrons. The van der Waals surface area contributed by atoms with Crippen molar-refractivity contribution in [3.8, 4) is 5.75 Å². The van der Waals surface area contributed by atoms with Gasteiger partial charge in [-0.2, -0.15) is 13.2 Å². The lowest BCUT2D eigenvalue weighted by Gasteiger charge is -2.16. The molecule has 0 spiro atoms. The second-order valence-corrected chi connectivity index (χ2v) is 6.10. The van der Waals surface area contributed by atoms with Crippen LogP contribution in [-0.4, -0.2) is 37.5 Å². The van der Waals surface area contributed by atoms with Crippen LogP contribution in [0.4, 0.5) is 23.7 Å². The molecule has 0 aliphatic rings. The fraction of sp³-hybridized carbons (Fsp3) is 0.263. The summed E-state index contributed by atoms with van der Waals surface area (Å²) in [4.78, 5) is 25.4. The summed E-state index contributed by atoms with van der Waals surface area (Å²) in [5.74, 6) is 0.0901. The molecule has 0 saturated carbocycles. The number of nitrogens with one attached hydrogen (secondary N) is 2. The predicted octanol–water partition coefficient (Wildman–Crippen LogP) is 3.49. The fourth-order valence-corrected chi connectivity index (χ4v) is 2.41. The molecule has 0 unspecified atom stereocenters. The second-order valence-electron chi connectivity index (χ2n) is 6.10. The molecule has 0 fully saturated rings. The van der Waals surface area contributed by atoms with Crippen molar-refractivity contribution in [3.63, 3.8) is 0 Å². The quantitative estimate of drug-likeness (QED) is 0.786. The Bertz CT molecular complexity index is 806. The molecule has 3 amide bonds. The first kappa shape index (κ1) is 21.2. The highest BCUT2D eigenvalue weighted by atomic mass is 19.4. The van der Waals surface area contributed by atoms with Crippen LogP contribution in [0.5, 0.6) is 5.75 Å². The van der Waals surface area contributed by atoms with Crippen LogP contribution in [0.1, 0.15) is 11.1 Å². The third-order valence-electron chi connectivity index (χ3n) is 3.75. The SMILES string of the molecule is COc1ccc(NC(=O)NC(=O)CN(C)Cc2ccc(C(F)(F)F)cc2)cc1. The van der Waals surface area contributed by atoms with Gasteiger partial charge >= 0.3 is 12.2 Å². The molecule has 0 aromatic heterocycles. The Morgan fingerprint density at radius 2 is 1.64 bits per heavy atom. The van der Waals surface area contributed by atoms with E-state index in [1.54, 1.807) is 36.2 Å². The molecule has 0 aliphatic carbocycles. The summed E-state index contributed by atoms with van der Waals surface area (Å²) in [6, 6.07) is 10.6. The number of anilines is 1. The van der Waals surface area contributed by atoms with Gasteiger partial charge in [-0.1, -0.05) is 12.1 Å². The number of halogens is 3. The van der Waals surface area contributed by atoms with Gasteiger partial charge in [0.25, 0.3) is 0 Å². The van der Waals surface area contributed by atoms with E-state index in [1.165, 1.54) is 19.2 Å². The van der Waals surface area contributed by atoms with E-state index in [2.05, 4.69) is 10.6 Å². The third kappa shape index (κ3) is 6.58. The van der Waals surface area contributed by atoms with Crippen molar-refractivity contribution in [3.05, 3.63) is 59.7 Å². The topological polar surface area (TPSA) is 70.7 Å². The first-order valence-corrected chi connectivity index (χ1v) is 8.27. The zero-order chi connectivity index (χ0) is 20.7. The first-order chi connectivity index (χ1) is 13.2. The lowest BCUT2D eigenvalue weighted by molar-refractivity contribution is -0.137. The molecular weight excluding hydrogens is 375 g/mol. The molecule has 9 heteroatoms. The van der Waals surface area contributed by atoms with Crippen LogP contribution in [0, 0.1) is 0 Å². The van der Waals surface area contributed by atoms with Gasteiger partial charge in [0.1, 0.15) is 5.75 Å². The monoisotopic (exact) mass is 395 g/mol. The van der Waals surface area contributed by atoms with Gasteiger partial charge in [0.15, 0.2) is 0 Å². The zero-order valence-corrected chi connectivity index (χ0v) is 15.3. The molecule has 2 rings (SSSR count). The van der Waals surface area contributed by atoms with E-state index in [1.807, 2.05) is 0 Å². The van der Waals surface area contributed by atoms with Crippen molar-refractivity contribution >= 4 is 17.6 Å². The maximum atomic E-state index is 12.6. The first-order valence-electron chi connectivity index (χ1n) is 8.27. The van der Waals surface area contributed by atoms with E-state index in [0.717, 1.165) is 12.1 Å². The normalized spacial score (nSPS) is 11.2. The number of amides is 3. The van der Waals surface area contributed by atoms with E-state index < -0.39 is 23.7 Å². The number of carbonyl (C=O) groups excluding carboxylic acids is 2. The van der Waals surface area contributed by atoms with Crippen LogP contribution >= 0.6 is 0 Å². The molecular formula is C19H20F3N3O3. The Morgan fingerprint density at radius 3 is 2.18 bits per heavy atom. The molecule has 150 valence electrons. The summed E-state index contributed by atoms with van der Waals surface area (Å²) in [7, 11) is 3.15. The van der Waals surface area contributed by atoms with E-state index in [0.29, 0.717) is 17.0 Å². The van der Waals surface area contributed by atoms with E-state index in [9.17, 15) is 22.8 Å². The van der Waals surface area contributed by atoms with Crippen LogP contribution in [0.25, 0.3) is 0 Å². The van der Waals surface area contributed by atoms with Gasteiger partial charge < -0.3 is 10.1 Å². The highest BCUT2D eigenvalue weighted by Crippen LogP contribution is 2.29. The van der Waals surface area contributed by atoms with Crippen LogP contribution in [0.3, 0.4) is 0 Å². The highest BCUT2D eigenvalue weighted by molar-refractivity contribution is 6.01. The van der Waals surface area contributed by atoms with Crippen molar-refractivity contribution in [2.75, 3.05) is 26.0 Å². The predicted molar refractivity (Wildman–Crippen MR) is 97.9 cm³/mol. The third-order valence-corrected chi connectivity index (χ3v) is 3.75. The van der Waals surface area contributed by atoms with Gasteiger partial charge in [-0.25, -0.2) is 4.79 Å². The maximum absolute atomic E-state index is 12.6. The lowest BCUT2D eigenvalue weighted by Crippen LogP contribution is -2.40. The van der Waals surface area contributed by atoms with Gasteiger partial charge in [0, 0.05) is 12.2 Å². The van der Waals surface area contributed by atoms with Crippen molar-refractivity contribution in [2.45, 2.75) is 12.7 Å². The van der Waals surface area contributed by atoms with Gasteiger partial charge in [-0.15, -0.1) is 0 Å². The molecule has 6 nitrogen and oxygen atoms in total. The largest absolute Gasteiger partial charge is 0.497 e. The number of likely N-dealkylation sites (N-methyl/N-ethyl adjacent to an activating group) is 1. The minimum Gasteiger partial charge on any atom is -0.497 e. The Hall–Kier alpha value is -3.07. The van der Waals surface area contributed by atoms with E-state index >= 15 is 0 Å². The fourth-order valence-electron chi connectivity index (χ4n) is 2.41. The Balaban J connectivity index is 1.80. The number of methoxy groups -OCH3 is 1. The summed E-state index contributed by atoms with van der Waals surface area (Å²) in [5, 5.41) is 4.71. The summed E-state index contributed by atoms with van der Waals surface area (Å²) < 4.78 is 42.7. The number of ether oxygens (including phenoxy) is 1. The van der Waals surface area contributed by atoms with Gasteiger partial charge in [-0.3, -0.25) is 15.0 Å². The number of urea groups is 1. The summed E-state index contributed by atoms with van der Waals surface area (Å²) in [5.41, 5.74) is 0.377. The Morgan fingerprint density at radius 1 is 1.04 bits per heavy atom. The molecule has 2 aromatic carbocycles. The highest BCUT2D eigenvalue weighted by Gasteiger charge is 2.29. The number of imide groups is 1. The van der Waals surface area contributed by atoms with Crippen molar-refractivity contribution in [1.82, 2.24) is 10.2 Å². The number of alkyl halides is 3. The summed E-state index contributed by atoms with van der Waals surface area (Å²) >= 11 is 0. The molecule has 2 aromatic rings. The molecule has 0 atom stereocenters. The van der Waals surface area contributed by atoms with Gasteiger partial charge in [0.2, 0.25) is 5.91 Å². The van der Waals surface area contributed by atoms with Crippen LogP contribution in [0.2, 0.25) is 0 Å². The lowest BCUT2D eigenvalue weighted by atomic mass is 10.1. The standard InChI is InChI=1S/C19H20F3N3O3/c1-25(11-13-3-5-14(6-4-13)19(20,21)22)12-17(26)24-18(27)23-15-7-9-16(28-2)10-8-15/h3-10H,11-12H2,1-2H3,(H2,23,24,26,27). The minimum absolute atomic E-state index is 0.100. The maximum Gasteiger partial charge on any atom is 0.416 e. The summed E-state index contributed by atoms with van der Waals surface area (Å²) in [6.45, 7) is 0.155. The Kier molecular flexibility index (Phi) is 7.00. The number of carbonyl (C=O) groups is 2. The summed E-state index contributed by atoms with van der Waals surface area (Å²) in [6.07, 6.45) is -4.39. The number of benzene rings is 2. The average molecular weight is 395 g/mol. The van der Waals surface area contributed by atoms with Crippen molar-refractivity contribution in [1.29, 1.82) is 0 Å². The molecule has 2 N–H and O–H groups in total. The van der Waals surface area contributed by atoms with Crippen LogP contribution in [0.15, 0.2) is 48.5 Å². The van der Waals surface area contributed by atoms with Gasteiger partial charge in [0.05, 0.1) is 19.2 Å². The molecule has 28 heavy (non-hydrogen) atoms. The molecule has 0 aliphatic heterocycles. The number of hydrogen-bond donors (Lipinski definition) is 2. The minimum atomic E-state index is -4.39. The smallest absolute Gasteiger partial charge is 0.416 e. The zero-order valence-electron chi connectivity index (χ0n) is 15.3. The number of nitrogens with zero attached hydrogens (tertiary/aromatic N) is 1. The average Bonchev–Trinajstić information content (AvgIpc) is 2.61. The number of hydrogen-bond acceptors (Lipinski definition) is 4. The molecule has 0 heterocycles. The molecule has 0 bridgehead atoms. The second kappa shape index (κ2) is 9.23. The van der Waals surface area contributed by atoms with Crippen molar-refractivity contribution in [2.24, 2.45) is 0 Å². The Labute approximate surface area is 160 Å². The number of rotatable bonds is 6. The van der Waals surface area contributed by atoms with Crippen LogP contribution < -0.4 is 15.4 Å². The van der Waals surface area contributed by atoms with Gasteiger partial charge in [-0.05, 0) is 49.0 Å². The van der Waals surface area contributed by atoms with Crippen LogP contribution in [-0.2, 0) is 17.5 Å². The van der Waals surface area contributed by atoms with Crippen molar-refractivity contribution < 1.29 is 27.5 Å².